The number of hydrogen-bond donors (Lipinski definition) is 0. The van der Waals surface area contributed by atoms with Crippen LogP contribution in [0.4, 0.5) is 0 Å². The van der Waals surface area contributed by atoms with Gasteiger partial charge in [-0.2, -0.15) is 0 Å². The maximum absolute atomic E-state index is 11.1. The molecule has 1 spiro atoms. The molecule has 144 valence electrons. The van der Waals surface area contributed by atoms with E-state index in [1.807, 2.05) is 0 Å². The van der Waals surface area contributed by atoms with Gasteiger partial charge in [0.1, 0.15) is 0 Å². The summed E-state index contributed by atoms with van der Waals surface area (Å²) in [6.45, 7) is 17.4. The van der Waals surface area contributed by atoms with Gasteiger partial charge < -0.3 is 0 Å². The Balaban J connectivity index is 0.000000231. The molecule has 2 heterocycles. The van der Waals surface area contributed by atoms with Gasteiger partial charge in [0.15, 0.2) is 9.84 Å². The summed E-state index contributed by atoms with van der Waals surface area (Å²) in [5, 5.41) is 0. The van der Waals surface area contributed by atoms with Crippen LogP contribution in [-0.4, -0.2) is 67.0 Å². The fourth-order valence-electron chi connectivity index (χ4n) is 3.61. The van der Waals surface area contributed by atoms with Crippen molar-refractivity contribution < 1.29 is 8.42 Å². The van der Waals surface area contributed by atoms with Crippen molar-refractivity contribution in [3.8, 4) is 0 Å². The molecule has 0 unspecified atom stereocenters. The molecule has 0 amide bonds. The molecule has 0 aromatic carbocycles. The Bertz CT molecular complexity index is 488. The Hall–Kier alpha value is -0.130. The molecule has 1 saturated carbocycles. The van der Waals surface area contributed by atoms with Gasteiger partial charge in [0.25, 0.3) is 0 Å². The minimum Gasteiger partial charge on any atom is -0.297 e. The SMILES string of the molecule is C.CC(C)(C)N1CC2(CCC2)C1.CC(C)(C)N1CCS(=O)(=O)CC1. The molecule has 1 aliphatic carbocycles. The van der Waals surface area contributed by atoms with Gasteiger partial charge in [-0.05, 0) is 59.8 Å². The van der Waals surface area contributed by atoms with E-state index in [-0.39, 0.29) is 13.0 Å². The lowest BCUT2D eigenvalue weighted by Crippen LogP contribution is -2.64. The zero-order chi connectivity index (χ0) is 17.5. The third-order valence-corrected chi connectivity index (χ3v) is 7.32. The second-order valence-corrected chi connectivity index (χ2v) is 12.0. The Morgan fingerprint density at radius 1 is 0.792 bits per heavy atom. The van der Waals surface area contributed by atoms with Crippen LogP contribution in [-0.2, 0) is 9.84 Å². The first kappa shape index (κ1) is 21.9. The largest absolute Gasteiger partial charge is 0.297 e. The quantitative estimate of drug-likeness (QED) is 0.664. The van der Waals surface area contributed by atoms with Crippen LogP contribution in [0.2, 0.25) is 0 Å². The molecule has 2 saturated heterocycles. The van der Waals surface area contributed by atoms with E-state index in [0.717, 1.165) is 5.41 Å². The van der Waals surface area contributed by atoms with E-state index in [2.05, 4.69) is 51.3 Å². The molecule has 3 aliphatic rings. The van der Waals surface area contributed by atoms with Gasteiger partial charge >= 0.3 is 0 Å². The van der Waals surface area contributed by atoms with Crippen molar-refractivity contribution in [2.45, 2.75) is 79.3 Å². The topological polar surface area (TPSA) is 40.6 Å². The Morgan fingerprint density at radius 3 is 1.50 bits per heavy atom. The lowest BCUT2D eigenvalue weighted by molar-refractivity contribution is -0.104. The van der Waals surface area contributed by atoms with Gasteiger partial charge in [-0.1, -0.05) is 13.8 Å². The number of sulfone groups is 1. The van der Waals surface area contributed by atoms with Gasteiger partial charge in [0.2, 0.25) is 0 Å². The molecule has 3 fully saturated rings. The van der Waals surface area contributed by atoms with Crippen LogP contribution in [0.5, 0.6) is 0 Å². The molecule has 5 heteroatoms. The fourth-order valence-corrected chi connectivity index (χ4v) is 4.82. The molecule has 0 aromatic heterocycles. The monoisotopic (exact) mass is 360 g/mol. The summed E-state index contributed by atoms with van der Waals surface area (Å²) in [6.07, 6.45) is 4.48. The van der Waals surface area contributed by atoms with Crippen molar-refractivity contribution in [2.24, 2.45) is 5.41 Å². The van der Waals surface area contributed by atoms with Crippen molar-refractivity contribution in [1.82, 2.24) is 9.80 Å². The van der Waals surface area contributed by atoms with Crippen LogP contribution >= 0.6 is 0 Å². The average molecular weight is 361 g/mol. The first-order valence-corrected chi connectivity index (χ1v) is 10.9. The summed E-state index contributed by atoms with van der Waals surface area (Å²) in [5.41, 5.74) is 1.32. The molecule has 0 radical (unpaired) electrons. The smallest absolute Gasteiger partial charge is 0.152 e. The first-order chi connectivity index (χ1) is 10.3. The number of nitrogens with zero attached hydrogens (tertiary/aromatic N) is 2. The minimum atomic E-state index is -2.72. The zero-order valence-electron chi connectivity index (χ0n) is 16.0. The highest BCUT2D eigenvalue weighted by Gasteiger charge is 2.49. The summed E-state index contributed by atoms with van der Waals surface area (Å²) >= 11 is 0. The lowest BCUT2D eigenvalue weighted by atomic mass is 9.62. The molecular formula is C19H40N2O2S. The van der Waals surface area contributed by atoms with Crippen LogP contribution in [0, 0.1) is 5.41 Å². The Morgan fingerprint density at radius 2 is 1.21 bits per heavy atom. The summed E-state index contributed by atoms with van der Waals surface area (Å²) in [6, 6.07) is 0. The van der Waals surface area contributed by atoms with Gasteiger partial charge in [-0.3, -0.25) is 9.80 Å². The van der Waals surface area contributed by atoms with Crippen molar-refractivity contribution in [1.29, 1.82) is 0 Å². The van der Waals surface area contributed by atoms with Crippen LogP contribution in [0.3, 0.4) is 0 Å². The van der Waals surface area contributed by atoms with E-state index in [4.69, 9.17) is 0 Å². The average Bonchev–Trinajstić information content (AvgIpc) is 2.21. The molecule has 0 N–H and O–H groups in total. The van der Waals surface area contributed by atoms with Crippen LogP contribution in [0.25, 0.3) is 0 Å². The molecule has 0 atom stereocenters. The Labute approximate surface area is 150 Å². The van der Waals surface area contributed by atoms with E-state index in [9.17, 15) is 8.42 Å². The van der Waals surface area contributed by atoms with Crippen LogP contribution in [0.15, 0.2) is 0 Å². The highest BCUT2D eigenvalue weighted by Crippen LogP contribution is 2.49. The first-order valence-electron chi connectivity index (χ1n) is 9.04. The predicted octanol–water partition coefficient (Wildman–Crippen LogP) is 3.42. The molecule has 0 aromatic rings. The van der Waals surface area contributed by atoms with E-state index in [1.165, 1.54) is 32.4 Å². The molecule has 3 rings (SSSR count). The number of rotatable bonds is 0. The van der Waals surface area contributed by atoms with Gasteiger partial charge in [0.05, 0.1) is 11.5 Å². The second kappa shape index (κ2) is 7.24. The summed E-state index contributed by atoms with van der Waals surface area (Å²) in [4.78, 5) is 4.82. The molecule has 0 bridgehead atoms. The second-order valence-electron chi connectivity index (χ2n) is 9.69. The van der Waals surface area contributed by atoms with E-state index < -0.39 is 9.84 Å². The normalized spacial score (nSPS) is 26.4. The van der Waals surface area contributed by atoms with Crippen LogP contribution in [0.1, 0.15) is 68.2 Å². The summed E-state index contributed by atoms with van der Waals surface area (Å²) < 4.78 is 22.2. The minimum absolute atomic E-state index is 0. The maximum atomic E-state index is 11.1. The van der Waals surface area contributed by atoms with Crippen molar-refractivity contribution in [3.63, 3.8) is 0 Å². The predicted molar refractivity (Wildman–Crippen MR) is 104 cm³/mol. The summed E-state index contributed by atoms with van der Waals surface area (Å²) in [7, 11) is -2.72. The van der Waals surface area contributed by atoms with Crippen molar-refractivity contribution in [2.75, 3.05) is 37.7 Å². The third-order valence-electron chi connectivity index (χ3n) is 5.71. The fraction of sp³-hybridized carbons (Fsp3) is 1.00. The highest BCUT2D eigenvalue weighted by atomic mass is 32.2. The van der Waals surface area contributed by atoms with Gasteiger partial charge in [-0.15, -0.1) is 0 Å². The zero-order valence-corrected chi connectivity index (χ0v) is 16.8. The number of hydrogen-bond acceptors (Lipinski definition) is 4. The molecule has 2 aliphatic heterocycles. The molecular weight excluding hydrogens is 320 g/mol. The van der Waals surface area contributed by atoms with Crippen molar-refractivity contribution >= 4 is 9.84 Å². The van der Waals surface area contributed by atoms with E-state index in [1.54, 1.807) is 0 Å². The standard InChI is InChI=1S/C10H19N.C8H17NO2S.CH4/c1-9(2,3)11-7-10(8-11)5-4-6-10;1-8(2,3)9-4-6-12(10,11)7-5-9;/h4-8H2,1-3H3;4-7H2,1-3H3;1H4. The van der Waals surface area contributed by atoms with E-state index >= 15 is 0 Å². The van der Waals surface area contributed by atoms with Crippen LogP contribution < -0.4 is 0 Å². The van der Waals surface area contributed by atoms with E-state index in [0.29, 0.717) is 30.1 Å². The maximum Gasteiger partial charge on any atom is 0.152 e. The number of likely N-dealkylation sites (tertiary alicyclic amines) is 1. The van der Waals surface area contributed by atoms with Crippen molar-refractivity contribution in [3.05, 3.63) is 0 Å². The highest BCUT2D eigenvalue weighted by molar-refractivity contribution is 7.91. The lowest BCUT2D eigenvalue weighted by Gasteiger charge is -2.60. The third kappa shape index (κ3) is 5.43. The van der Waals surface area contributed by atoms with Gasteiger partial charge in [0, 0.05) is 37.3 Å². The molecule has 4 nitrogen and oxygen atoms in total. The summed E-state index contributed by atoms with van der Waals surface area (Å²) in [5.74, 6) is 0.647. The Kier molecular flexibility index (Phi) is 6.61. The van der Waals surface area contributed by atoms with Gasteiger partial charge in [-0.25, -0.2) is 8.42 Å². The molecule has 24 heavy (non-hydrogen) atoms.